The molecule has 0 bridgehead atoms. The van der Waals surface area contributed by atoms with E-state index in [-0.39, 0.29) is 0 Å². The minimum Gasteiger partial charge on any atom is -0.472 e. The highest BCUT2D eigenvalue weighted by molar-refractivity contribution is 5.15. The van der Waals surface area contributed by atoms with Gasteiger partial charge in [-0.1, -0.05) is 20.8 Å². The second-order valence-corrected chi connectivity index (χ2v) is 6.44. The molecule has 1 heterocycles. The van der Waals surface area contributed by atoms with Gasteiger partial charge in [-0.2, -0.15) is 0 Å². The van der Waals surface area contributed by atoms with Crippen LogP contribution < -0.4 is 5.32 Å². The number of hydrogen-bond acceptors (Lipinski definition) is 2. The molecule has 0 aromatic carbocycles. The number of nitrogens with one attached hydrogen (secondary N) is 1. The maximum atomic E-state index is 5.32. The first-order chi connectivity index (χ1) is 9.22. The molecule has 0 amide bonds. The minimum atomic E-state index is 0.684. The van der Waals surface area contributed by atoms with Crippen LogP contribution in [0.3, 0.4) is 0 Å². The Morgan fingerprint density at radius 3 is 2.84 bits per heavy atom. The van der Waals surface area contributed by atoms with Crippen LogP contribution in [0.2, 0.25) is 0 Å². The Balaban J connectivity index is 2.01. The molecule has 1 aliphatic rings. The van der Waals surface area contributed by atoms with E-state index in [4.69, 9.17) is 4.42 Å². The fourth-order valence-corrected chi connectivity index (χ4v) is 3.47. The third kappa shape index (κ3) is 3.85. The molecule has 0 radical (unpaired) electrons. The molecule has 0 aliphatic heterocycles. The summed E-state index contributed by atoms with van der Waals surface area (Å²) in [6, 6.07) is 2.17. The zero-order valence-electron chi connectivity index (χ0n) is 12.7. The standard InChI is InChI=1S/C17H29NO/c1-4-8-18-11-15-6-5-14(13(2)3)10-17(15)16-7-9-19-12-16/h7,9,12-15,17-18H,4-6,8,10-11H2,1-3H3. The molecule has 1 aliphatic carbocycles. The van der Waals surface area contributed by atoms with Crippen LogP contribution in [0.5, 0.6) is 0 Å². The maximum Gasteiger partial charge on any atom is 0.0937 e. The van der Waals surface area contributed by atoms with Crippen molar-refractivity contribution in [2.24, 2.45) is 17.8 Å². The summed E-state index contributed by atoms with van der Waals surface area (Å²) in [6.07, 6.45) is 9.08. The lowest BCUT2D eigenvalue weighted by molar-refractivity contribution is 0.190. The predicted octanol–water partition coefficient (Wildman–Crippen LogP) is 4.44. The van der Waals surface area contributed by atoms with E-state index in [9.17, 15) is 0 Å². The van der Waals surface area contributed by atoms with Gasteiger partial charge in [-0.3, -0.25) is 0 Å². The van der Waals surface area contributed by atoms with Crippen molar-refractivity contribution in [3.05, 3.63) is 24.2 Å². The average Bonchev–Trinajstić information content (AvgIpc) is 2.93. The van der Waals surface area contributed by atoms with Crippen LogP contribution in [-0.2, 0) is 0 Å². The maximum absolute atomic E-state index is 5.32. The molecule has 108 valence electrons. The van der Waals surface area contributed by atoms with E-state index in [1.807, 2.05) is 12.5 Å². The molecule has 1 aromatic heterocycles. The molecule has 1 N–H and O–H groups in total. The molecular weight excluding hydrogens is 234 g/mol. The van der Waals surface area contributed by atoms with E-state index in [0.717, 1.165) is 30.8 Å². The Kier molecular flexibility index (Phi) is 5.50. The molecule has 0 spiro atoms. The van der Waals surface area contributed by atoms with Crippen LogP contribution in [0.25, 0.3) is 0 Å². The Morgan fingerprint density at radius 1 is 1.37 bits per heavy atom. The highest BCUT2D eigenvalue weighted by atomic mass is 16.3. The summed E-state index contributed by atoms with van der Waals surface area (Å²) < 4.78 is 5.32. The van der Waals surface area contributed by atoms with Crippen LogP contribution in [0.15, 0.2) is 23.0 Å². The van der Waals surface area contributed by atoms with E-state index in [0.29, 0.717) is 5.92 Å². The van der Waals surface area contributed by atoms with Crippen LogP contribution >= 0.6 is 0 Å². The molecule has 1 fully saturated rings. The second kappa shape index (κ2) is 7.14. The van der Waals surface area contributed by atoms with E-state index < -0.39 is 0 Å². The van der Waals surface area contributed by atoms with E-state index in [2.05, 4.69) is 32.2 Å². The fraction of sp³-hybridized carbons (Fsp3) is 0.765. The van der Waals surface area contributed by atoms with Gasteiger partial charge in [0.25, 0.3) is 0 Å². The van der Waals surface area contributed by atoms with Crippen molar-refractivity contribution in [2.75, 3.05) is 13.1 Å². The van der Waals surface area contributed by atoms with Gasteiger partial charge in [0.2, 0.25) is 0 Å². The van der Waals surface area contributed by atoms with Gasteiger partial charge in [-0.05, 0) is 74.1 Å². The molecule has 3 atom stereocenters. The average molecular weight is 263 g/mol. The molecule has 2 heteroatoms. The third-order valence-corrected chi connectivity index (χ3v) is 4.78. The summed E-state index contributed by atoms with van der Waals surface area (Å²) in [5.41, 5.74) is 1.41. The normalized spacial score (nSPS) is 27.9. The van der Waals surface area contributed by atoms with Gasteiger partial charge in [0.1, 0.15) is 0 Å². The van der Waals surface area contributed by atoms with Crippen molar-refractivity contribution in [1.29, 1.82) is 0 Å². The van der Waals surface area contributed by atoms with Crippen molar-refractivity contribution in [3.63, 3.8) is 0 Å². The van der Waals surface area contributed by atoms with Crippen LogP contribution in [0, 0.1) is 17.8 Å². The zero-order valence-corrected chi connectivity index (χ0v) is 12.7. The second-order valence-electron chi connectivity index (χ2n) is 6.44. The topological polar surface area (TPSA) is 25.2 Å². The quantitative estimate of drug-likeness (QED) is 0.768. The lowest BCUT2D eigenvalue weighted by Gasteiger charge is -2.37. The highest BCUT2D eigenvalue weighted by Crippen LogP contribution is 2.42. The molecule has 19 heavy (non-hydrogen) atoms. The van der Waals surface area contributed by atoms with Gasteiger partial charge in [-0.15, -0.1) is 0 Å². The molecule has 1 aromatic rings. The van der Waals surface area contributed by atoms with Crippen molar-refractivity contribution < 1.29 is 4.42 Å². The number of furan rings is 1. The van der Waals surface area contributed by atoms with Crippen molar-refractivity contribution in [2.45, 2.75) is 52.4 Å². The summed E-state index contributed by atoms with van der Waals surface area (Å²) in [4.78, 5) is 0. The minimum absolute atomic E-state index is 0.684. The third-order valence-electron chi connectivity index (χ3n) is 4.78. The smallest absolute Gasteiger partial charge is 0.0937 e. The van der Waals surface area contributed by atoms with Gasteiger partial charge in [-0.25, -0.2) is 0 Å². The van der Waals surface area contributed by atoms with E-state index >= 15 is 0 Å². The van der Waals surface area contributed by atoms with Crippen LogP contribution in [-0.4, -0.2) is 13.1 Å². The lowest BCUT2D eigenvalue weighted by Crippen LogP contribution is -2.33. The molecule has 1 saturated carbocycles. The Labute approximate surface area is 118 Å². The summed E-state index contributed by atoms with van der Waals surface area (Å²) in [6.45, 7) is 9.27. The molecule has 3 unspecified atom stereocenters. The van der Waals surface area contributed by atoms with Crippen LogP contribution in [0.1, 0.15) is 57.9 Å². The summed E-state index contributed by atoms with van der Waals surface area (Å²) in [5, 5.41) is 3.61. The predicted molar refractivity (Wildman–Crippen MR) is 80.3 cm³/mol. The van der Waals surface area contributed by atoms with Gasteiger partial charge in [0, 0.05) is 0 Å². The largest absolute Gasteiger partial charge is 0.472 e. The SMILES string of the molecule is CCCNCC1CCC(C(C)C)CC1c1ccoc1. The van der Waals surface area contributed by atoms with Gasteiger partial charge in [0.15, 0.2) is 0 Å². The van der Waals surface area contributed by atoms with E-state index in [1.54, 1.807) is 0 Å². The number of rotatable bonds is 6. The van der Waals surface area contributed by atoms with Crippen molar-refractivity contribution >= 4 is 0 Å². The Bertz CT molecular complexity index is 344. The van der Waals surface area contributed by atoms with Crippen LogP contribution in [0.4, 0.5) is 0 Å². The number of hydrogen-bond donors (Lipinski definition) is 1. The first-order valence-electron chi connectivity index (χ1n) is 7.95. The summed E-state index contributed by atoms with van der Waals surface area (Å²) in [7, 11) is 0. The first-order valence-corrected chi connectivity index (χ1v) is 7.95. The molecular formula is C17H29NO. The molecule has 2 rings (SSSR count). The zero-order chi connectivity index (χ0) is 13.7. The van der Waals surface area contributed by atoms with Gasteiger partial charge >= 0.3 is 0 Å². The summed E-state index contributed by atoms with van der Waals surface area (Å²) in [5.74, 6) is 3.14. The first kappa shape index (κ1) is 14.6. The fourth-order valence-electron chi connectivity index (χ4n) is 3.47. The Morgan fingerprint density at radius 2 is 2.21 bits per heavy atom. The van der Waals surface area contributed by atoms with Gasteiger partial charge < -0.3 is 9.73 Å². The van der Waals surface area contributed by atoms with Crippen molar-refractivity contribution in [1.82, 2.24) is 5.32 Å². The van der Waals surface area contributed by atoms with Crippen molar-refractivity contribution in [3.8, 4) is 0 Å². The van der Waals surface area contributed by atoms with Gasteiger partial charge in [0.05, 0.1) is 12.5 Å². The van der Waals surface area contributed by atoms with E-state index in [1.165, 1.54) is 31.2 Å². The molecule has 0 saturated heterocycles. The monoisotopic (exact) mass is 263 g/mol. The highest BCUT2D eigenvalue weighted by Gasteiger charge is 2.32. The summed E-state index contributed by atoms with van der Waals surface area (Å²) >= 11 is 0. The lowest BCUT2D eigenvalue weighted by atomic mass is 9.68. The molecule has 2 nitrogen and oxygen atoms in total. The Hall–Kier alpha value is -0.760.